The molecule has 4 fully saturated rings. The Morgan fingerprint density at radius 2 is 2.05 bits per heavy atom. The van der Waals surface area contributed by atoms with Gasteiger partial charge in [-0.2, -0.15) is 0 Å². The van der Waals surface area contributed by atoms with Gasteiger partial charge in [0.1, 0.15) is 5.82 Å². The molecule has 8 heteroatoms. The van der Waals surface area contributed by atoms with Gasteiger partial charge in [-0.25, -0.2) is 14.4 Å². The van der Waals surface area contributed by atoms with Crippen molar-refractivity contribution in [3.05, 3.63) is 70.0 Å². The zero-order valence-corrected chi connectivity index (χ0v) is 24.0. The van der Waals surface area contributed by atoms with E-state index in [1.54, 1.807) is 16.7 Å². The Kier molecular flexibility index (Phi) is 6.93. The van der Waals surface area contributed by atoms with Crippen LogP contribution in [0.2, 0.25) is 0 Å². The molecule has 3 aromatic rings. The van der Waals surface area contributed by atoms with Crippen molar-refractivity contribution in [1.82, 2.24) is 19.8 Å². The Labute approximate surface area is 235 Å². The minimum atomic E-state index is -0.243. The molecule has 7 rings (SSSR count). The molecule has 1 unspecified atom stereocenters. The number of rotatable bonds is 5. The average Bonchev–Trinajstić information content (AvgIpc) is 2.93. The zero-order chi connectivity index (χ0) is 28.2. The average molecular weight is 545 g/mol. The van der Waals surface area contributed by atoms with Crippen LogP contribution in [-0.2, 0) is 13.0 Å². The van der Waals surface area contributed by atoms with Gasteiger partial charge in [-0.3, -0.25) is 9.36 Å². The van der Waals surface area contributed by atoms with Crippen LogP contribution >= 0.6 is 0 Å². The van der Waals surface area contributed by atoms with Crippen molar-refractivity contribution in [2.45, 2.75) is 59.5 Å². The second kappa shape index (κ2) is 10.3. The highest BCUT2D eigenvalue weighted by molar-refractivity contribution is 5.85. The van der Waals surface area contributed by atoms with Crippen molar-refractivity contribution >= 4 is 22.5 Å². The lowest BCUT2D eigenvalue weighted by atomic mass is 9.42. The van der Waals surface area contributed by atoms with Gasteiger partial charge in [0.25, 0.3) is 5.56 Å². The third-order valence-corrected chi connectivity index (χ3v) is 10.4. The molecular weight excluding hydrogens is 503 g/mol. The Hall–Kier alpha value is -3.26. The van der Waals surface area contributed by atoms with Crippen molar-refractivity contribution in [1.29, 1.82) is 0 Å². The summed E-state index contributed by atoms with van der Waals surface area (Å²) in [6.07, 6.45) is 4.58. The topological polar surface area (TPSA) is 88.5 Å². The highest BCUT2D eigenvalue weighted by Gasteiger charge is 2.58. The van der Waals surface area contributed by atoms with Gasteiger partial charge in [0, 0.05) is 32.2 Å². The van der Waals surface area contributed by atoms with Crippen LogP contribution < -0.4 is 16.6 Å². The van der Waals surface area contributed by atoms with Crippen LogP contribution in [0.4, 0.5) is 10.1 Å². The number of aromatic nitrogens is 2. The molecule has 212 valence electrons. The Morgan fingerprint density at radius 3 is 2.80 bits per heavy atom. The molecule has 2 aromatic carbocycles. The first-order valence-electron chi connectivity index (χ1n) is 14.7. The van der Waals surface area contributed by atoms with E-state index < -0.39 is 0 Å². The summed E-state index contributed by atoms with van der Waals surface area (Å²) in [5.74, 6) is 3.13. The second-order valence-corrected chi connectivity index (χ2v) is 12.8. The standard InChI is InChI=1S/C32H41FN6O/c1-19-5-6-21(27(33)13-19)9-11-38-18-36-28-16-23(7-8-24(28)30(38)40)37-31(34)39-12-10-35-17-29(39)25-14-22-15-26(20(25)2)32(22,3)4/h5-8,13,16,18,20,22,25-26,29,35H,9-12,14-15,17H2,1-4H3,(H2,34,37)/t20-,22+,25+,26+,29?/m1/s1. The molecule has 1 aromatic heterocycles. The van der Waals surface area contributed by atoms with Crippen LogP contribution in [0.5, 0.6) is 0 Å². The maximum absolute atomic E-state index is 14.3. The van der Waals surface area contributed by atoms with Gasteiger partial charge >= 0.3 is 0 Å². The molecule has 5 atom stereocenters. The van der Waals surface area contributed by atoms with Crippen molar-refractivity contribution in [2.75, 3.05) is 19.6 Å². The number of halogens is 1. The van der Waals surface area contributed by atoms with Crippen LogP contribution in [-0.4, -0.2) is 46.1 Å². The minimum absolute atomic E-state index is 0.143. The third kappa shape index (κ3) is 4.70. The van der Waals surface area contributed by atoms with Crippen molar-refractivity contribution in [3.63, 3.8) is 0 Å². The van der Waals surface area contributed by atoms with E-state index >= 15 is 0 Å². The molecule has 2 bridgehead atoms. The molecule has 3 aliphatic carbocycles. The fraction of sp³-hybridized carbons (Fsp3) is 0.531. The van der Waals surface area contributed by atoms with E-state index in [-0.39, 0.29) is 11.4 Å². The quantitative estimate of drug-likeness (QED) is 0.361. The highest BCUT2D eigenvalue weighted by Crippen LogP contribution is 2.63. The van der Waals surface area contributed by atoms with E-state index in [1.807, 2.05) is 25.1 Å². The van der Waals surface area contributed by atoms with Gasteiger partial charge in [-0.05, 0) is 90.7 Å². The molecule has 7 nitrogen and oxygen atoms in total. The highest BCUT2D eigenvalue weighted by atomic mass is 19.1. The number of fused-ring (bicyclic) bond motifs is 3. The number of aliphatic imine (C=N–C) groups is 1. The van der Waals surface area contributed by atoms with Crippen molar-refractivity contribution in [3.8, 4) is 0 Å². The summed E-state index contributed by atoms with van der Waals surface area (Å²) in [7, 11) is 0. The number of piperazine rings is 1. The molecule has 0 amide bonds. The first kappa shape index (κ1) is 26.9. The lowest BCUT2D eigenvalue weighted by Gasteiger charge is -2.64. The number of benzene rings is 2. The third-order valence-electron chi connectivity index (χ3n) is 10.4. The monoisotopic (exact) mass is 544 g/mol. The maximum atomic E-state index is 14.3. The van der Waals surface area contributed by atoms with Crippen LogP contribution in [0.15, 0.2) is 52.5 Å². The summed E-state index contributed by atoms with van der Waals surface area (Å²) < 4.78 is 15.8. The predicted octanol–water partition coefficient (Wildman–Crippen LogP) is 4.63. The summed E-state index contributed by atoms with van der Waals surface area (Å²) in [6, 6.07) is 10.9. The number of hydrogen-bond acceptors (Lipinski definition) is 4. The minimum Gasteiger partial charge on any atom is -0.369 e. The molecule has 1 aliphatic heterocycles. The molecule has 0 radical (unpaired) electrons. The number of aryl methyl sites for hydroxylation is 3. The SMILES string of the molecule is Cc1ccc(CCn2cnc3cc(N=C(N)N4CCNCC4[C@H]4C[C@H]5C[C@@H]([C@@H]4C)C5(C)C)ccc3c2=O)c(F)c1. The molecule has 40 heavy (non-hydrogen) atoms. The normalized spacial score (nSPS) is 28.0. The summed E-state index contributed by atoms with van der Waals surface area (Å²) in [5.41, 5.74) is 9.72. The fourth-order valence-electron chi connectivity index (χ4n) is 7.76. The Bertz CT molecular complexity index is 1510. The number of nitrogens with two attached hydrogens (primary N) is 1. The smallest absolute Gasteiger partial charge is 0.261 e. The summed E-state index contributed by atoms with van der Waals surface area (Å²) in [5, 5.41) is 4.11. The molecule has 2 heterocycles. The molecule has 3 saturated carbocycles. The van der Waals surface area contributed by atoms with Crippen LogP contribution in [0.3, 0.4) is 0 Å². The molecular formula is C32H41FN6O. The van der Waals surface area contributed by atoms with E-state index in [2.05, 4.69) is 36.0 Å². The number of guanidine groups is 1. The van der Waals surface area contributed by atoms with Gasteiger partial charge in [-0.1, -0.05) is 32.9 Å². The van der Waals surface area contributed by atoms with Crippen LogP contribution in [0, 0.1) is 41.8 Å². The van der Waals surface area contributed by atoms with Gasteiger partial charge < -0.3 is 16.0 Å². The van der Waals surface area contributed by atoms with Gasteiger partial charge in [0.15, 0.2) is 5.96 Å². The first-order valence-corrected chi connectivity index (χ1v) is 14.7. The Morgan fingerprint density at radius 1 is 1.23 bits per heavy atom. The van der Waals surface area contributed by atoms with Crippen LogP contribution in [0.25, 0.3) is 10.9 Å². The lowest BCUT2D eigenvalue weighted by molar-refractivity contribution is -0.141. The molecule has 4 aliphatic rings. The largest absolute Gasteiger partial charge is 0.369 e. The second-order valence-electron chi connectivity index (χ2n) is 12.8. The summed E-state index contributed by atoms with van der Waals surface area (Å²) >= 11 is 0. The first-order chi connectivity index (χ1) is 19.1. The van der Waals surface area contributed by atoms with Crippen LogP contribution in [0.1, 0.15) is 44.7 Å². The number of nitrogens with zero attached hydrogens (tertiary/aromatic N) is 4. The van der Waals surface area contributed by atoms with E-state index in [0.717, 1.165) is 37.0 Å². The fourth-order valence-corrected chi connectivity index (χ4v) is 7.76. The summed E-state index contributed by atoms with van der Waals surface area (Å²) in [6.45, 7) is 12.2. The van der Waals surface area contributed by atoms with Gasteiger partial charge in [-0.15, -0.1) is 0 Å². The van der Waals surface area contributed by atoms with E-state index in [0.29, 0.717) is 64.4 Å². The molecule has 0 spiro atoms. The number of hydrogen-bond donors (Lipinski definition) is 2. The zero-order valence-electron chi connectivity index (χ0n) is 24.0. The van der Waals surface area contributed by atoms with Crippen molar-refractivity contribution < 1.29 is 4.39 Å². The lowest BCUT2D eigenvalue weighted by Crippen LogP contribution is -2.64. The van der Waals surface area contributed by atoms with E-state index in [4.69, 9.17) is 10.7 Å². The van der Waals surface area contributed by atoms with Crippen molar-refractivity contribution in [2.24, 2.45) is 39.8 Å². The Balaban J connectivity index is 1.20. The van der Waals surface area contributed by atoms with Gasteiger partial charge in [0.2, 0.25) is 0 Å². The number of nitrogens with one attached hydrogen (secondary N) is 1. The van der Waals surface area contributed by atoms with E-state index in [1.165, 1.54) is 25.2 Å². The predicted molar refractivity (Wildman–Crippen MR) is 158 cm³/mol. The van der Waals surface area contributed by atoms with E-state index in [9.17, 15) is 9.18 Å². The van der Waals surface area contributed by atoms with Gasteiger partial charge in [0.05, 0.1) is 22.9 Å². The summed E-state index contributed by atoms with van der Waals surface area (Å²) in [4.78, 5) is 24.8. The maximum Gasteiger partial charge on any atom is 0.261 e. The molecule has 1 saturated heterocycles. The molecule has 3 N–H and O–H groups in total.